The standard InChI is InChI=1S/C9H17N2/c1-4-5-6-9-7-10(2)11(3)8-9/h7-8H,4-6H2,1-3H3/q+1. The molecule has 0 unspecified atom stereocenters. The highest BCUT2D eigenvalue weighted by molar-refractivity contribution is 4.99. The Morgan fingerprint density at radius 2 is 2.27 bits per heavy atom. The topological polar surface area (TPSA) is 8.81 Å². The number of hydrogen-bond donors (Lipinski definition) is 0. The van der Waals surface area contributed by atoms with Crippen LogP contribution in [0.4, 0.5) is 0 Å². The first kappa shape index (κ1) is 8.31. The number of nitrogens with zero attached hydrogens (tertiary/aromatic N) is 2. The van der Waals surface area contributed by atoms with Crippen molar-refractivity contribution in [2.75, 3.05) is 0 Å². The molecule has 0 fully saturated rings. The normalized spacial score (nSPS) is 10.5. The maximum atomic E-state index is 2.23. The highest BCUT2D eigenvalue weighted by Crippen LogP contribution is 2.00. The van der Waals surface area contributed by atoms with Gasteiger partial charge in [0.15, 0.2) is 13.2 Å². The van der Waals surface area contributed by atoms with Gasteiger partial charge >= 0.3 is 0 Å². The molecule has 2 nitrogen and oxygen atoms in total. The molecule has 11 heavy (non-hydrogen) atoms. The zero-order valence-corrected chi connectivity index (χ0v) is 7.67. The van der Waals surface area contributed by atoms with Crippen molar-refractivity contribution in [3.63, 3.8) is 0 Å². The molecule has 0 aliphatic rings. The van der Waals surface area contributed by atoms with E-state index in [4.69, 9.17) is 0 Å². The Morgan fingerprint density at radius 3 is 2.73 bits per heavy atom. The van der Waals surface area contributed by atoms with Crippen molar-refractivity contribution in [2.24, 2.45) is 14.1 Å². The van der Waals surface area contributed by atoms with Crippen LogP contribution in [0.1, 0.15) is 25.3 Å². The first-order valence-corrected chi connectivity index (χ1v) is 4.25. The average molecular weight is 153 g/mol. The van der Waals surface area contributed by atoms with Crippen LogP contribution in [0.5, 0.6) is 0 Å². The molecule has 0 aliphatic carbocycles. The fourth-order valence-electron chi connectivity index (χ4n) is 1.21. The van der Waals surface area contributed by atoms with Crippen LogP contribution in [0.15, 0.2) is 12.4 Å². The lowest BCUT2D eigenvalue weighted by molar-refractivity contribution is -0.751. The van der Waals surface area contributed by atoms with Crippen molar-refractivity contribution in [3.05, 3.63) is 18.0 Å². The zero-order chi connectivity index (χ0) is 8.27. The van der Waals surface area contributed by atoms with Crippen molar-refractivity contribution in [1.82, 2.24) is 4.68 Å². The van der Waals surface area contributed by atoms with Gasteiger partial charge in [0, 0.05) is 5.56 Å². The number of aromatic nitrogens is 2. The maximum Gasteiger partial charge on any atom is 0.198 e. The predicted octanol–water partition coefficient (Wildman–Crippen LogP) is 1.19. The molecule has 0 saturated heterocycles. The van der Waals surface area contributed by atoms with Gasteiger partial charge < -0.3 is 0 Å². The Balaban J connectivity index is 2.58. The molecule has 0 radical (unpaired) electrons. The first-order chi connectivity index (χ1) is 5.24. The molecule has 0 aromatic carbocycles. The summed E-state index contributed by atoms with van der Waals surface area (Å²) >= 11 is 0. The van der Waals surface area contributed by atoms with E-state index in [0.717, 1.165) is 0 Å². The molecular formula is C9H17N2+. The second-order valence-electron chi connectivity index (χ2n) is 3.08. The van der Waals surface area contributed by atoms with E-state index in [9.17, 15) is 0 Å². The lowest BCUT2D eigenvalue weighted by Gasteiger charge is -1.88. The Hall–Kier alpha value is -0.790. The van der Waals surface area contributed by atoms with E-state index >= 15 is 0 Å². The van der Waals surface area contributed by atoms with Gasteiger partial charge in [0.05, 0.1) is 13.2 Å². The summed E-state index contributed by atoms with van der Waals surface area (Å²) in [6.07, 6.45) is 8.17. The summed E-state index contributed by atoms with van der Waals surface area (Å²) in [6.45, 7) is 2.23. The largest absolute Gasteiger partial charge is 0.198 e. The SMILES string of the molecule is CCCCc1cn(C)[n+](C)c1. The minimum Gasteiger partial charge on any atom is -0.164 e. The summed E-state index contributed by atoms with van der Waals surface area (Å²) in [5.41, 5.74) is 1.44. The van der Waals surface area contributed by atoms with E-state index in [2.05, 4.69) is 42.8 Å². The van der Waals surface area contributed by atoms with E-state index in [1.165, 1.54) is 24.8 Å². The summed E-state index contributed by atoms with van der Waals surface area (Å²) in [5.74, 6) is 0. The zero-order valence-electron chi connectivity index (χ0n) is 7.67. The van der Waals surface area contributed by atoms with Gasteiger partial charge in [-0.1, -0.05) is 13.3 Å². The number of aryl methyl sites for hydroxylation is 3. The lowest BCUT2D eigenvalue weighted by atomic mass is 10.2. The Kier molecular flexibility index (Phi) is 2.69. The summed E-state index contributed by atoms with van der Waals surface area (Å²) in [7, 11) is 4.13. The van der Waals surface area contributed by atoms with Crippen LogP contribution in [0.25, 0.3) is 0 Å². The number of rotatable bonds is 3. The van der Waals surface area contributed by atoms with Crippen molar-refractivity contribution in [1.29, 1.82) is 0 Å². The average Bonchev–Trinajstić information content (AvgIpc) is 2.28. The van der Waals surface area contributed by atoms with Gasteiger partial charge in [-0.05, 0) is 12.8 Å². The molecule has 0 N–H and O–H groups in total. The van der Waals surface area contributed by atoms with Crippen LogP contribution in [0.3, 0.4) is 0 Å². The van der Waals surface area contributed by atoms with E-state index in [-0.39, 0.29) is 0 Å². The van der Waals surface area contributed by atoms with Crippen molar-refractivity contribution in [3.8, 4) is 0 Å². The molecule has 1 rings (SSSR count). The van der Waals surface area contributed by atoms with Gasteiger partial charge in [0.25, 0.3) is 0 Å². The van der Waals surface area contributed by atoms with Crippen LogP contribution < -0.4 is 4.68 Å². The Morgan fingerprint density at radius 1 is 1.55 bits per heavy atom. The fraction of sp³-hybridized carbons (Fsp3) is 0.667. The highest BCUT2D eigenvalue weighted by atomic mass is 15.4. The second-order valence-corrected chi connectivity index (χ2v) is 3.08. The highest BCUT2D eigenvalue weighted by Gasteiger charge is 2.03. The monoisotopic (exact) mass is 153 g/mol. The molecular weight excluding hydrogens is 136 g/mol. The van der Waals surface area contributed by atoms with Crippen LogP contribution in [0, 0.1) is 0 Å². The Bertz CT molecular complexity index is 206. The van der Waals surface area contributed by atoms with Gasteiger partial charge in [0.1, 0.15) is 0 Å². The van der Waals surface area contributed by atoms with Crippen molar-refractivity contribution < 1.29 is 4.68 Å². The van der Waals surface area contributed by atoms with Crippen LogP contribution >= 0.6 is 0 Å². The minimum atomic E-state index is 1.21. The summed E-state index contributed by atoms with van der Waals surface area (Å²) in [5, 5.41) is 0. The lowest BCUT2D eigenvalue weighted by Crippen LogP contribution is -2.35. The van der Waals surface area contributed by atoms with Gasteiger partial charge in [-0.25, -0.2) is 0 Å². The molecule has 0 amide bonds. The minimum absolute atomic E-state index is 1.21. The van der Waals surface area contributed by atoms with E-state index in [1.54, 1.807) is 0 Å². The first-order valence-electron chi connectivity index (χ1n) is 4.25. The second kappa shape index (κ2) is 3.56. The van der Waals surface area contributed by atoms with Gasteiger partial charge in [0.2, 0.25) is 0 Å². The third-order valence-electron chi connectivity index (χ3n) is 2.02. The van der Waals surface area contributed by atoms with Crippen LogP contribution in [-0.4, -0.2) is 4.68 Å². The summed E-state index contributed by atoms with van der Waals surface area (Å²) < 4.78 is 4.20. The van der Waals surface area contributed by atoms with E-state index in [0.29, 0.717) is 0 Å². The van der Waals surface area contributed by atoms with Crippen LogP contribution in [-0.2, 0) is 20.5 Å². The van der Waals surface area contributed by atoms with E-state index in [1.807, 2.05) is 0 Å². The van der Waals surface area contributed by atoms with Gasteiger partial charge in [-0.2, -0.15) is 4.68 Å². The van der Waals surface area contributed by atoms with Crippen molar-refractivity contribution >= 4 is 0 Å². The quantitative estimate of drug-likeness (QED) is 0.577. The molecule has 0 bridgehead atoms. The molecule has 0 spiro atoms. The number of unbranched alkanes of at least 4 members (excludes halogenated alkanes) is 1. The van der Waals surface area contributed by atoms with Gasteiger partial charge in [-0.3, -0.25) is 0 Å². The van der Waals surface area contributed by atoms with Crippen molar-refractivity contribution in [2.45, 2.75) is 26.2 Å². The molecule has 0 atom stereocenters. The third-order valence-corrected chi connectivity index (χ3v) is 2.02. The Labute approximate surface area is 68.4 Å². The molecule has 1 aromatic rings. The molecule has 1 heterocycles. The molecule has 1 aromatic heterocycles. The maximum absolute atomic E-state index is 2.23. The number of hydrogen-bond acceptors (Lipinski definition) is 0. The predicted molar refractivity (Wildman–Crippen MR) is 45.2 cm³/mol. The molecule has 0 saturated carbocycles. The van der Waals surface area contributed by atoms with Gasteiger partial charge in [-0.15, -0.1) is 4.68 Å². The summed E-state index contributed by atoms with van der Waals surface area (Å²) in [4.78, 5) is 0. The van der Waals surface area contributed by atoms with E-state index < -0.39 is 0 Å². The molecule has 2 heteroatoms. The third kappa shape index (κ3) is 2.07. The molecule has 62 valence electrons. The summed E-state index contributed by atoms with van der Waals surface area (Å²) in [6, 6.07) is 0. The smallest absolute Gasteiger partial charge is 0.164 e. The fourth-order valence-corrected chi connectivity index (χ4v) is 1.21. The molecule has 0 aliphatic heterocycles. The van der Waals surface area contributed by atoms with Crippen LogP contribution in [0.2, 0.25) is 0 Å².